The van der Waals surface area contributed by atoms with Gasteiger partial charge in [-0.15, -0.1) is 0 Å². The molecule has 4 heteroatoms. The van der Waals surface area contributed by atoms with Crippen LogP contribution in [0, 0.1) is 5.41 Å². The number of carbonyl (C=O) groups excluding carboxylic acids is 1. The second-order valence-corrected chi connectivity index (χ2v) is 11.9. The Hall–Kier alpha value is -2.17. The summed E-state index contributed by atoms with van der Waals surface area (Å²) < 4.78 is -0.143. The zero-order valence-corrected chi connectivity index (χ0v) is 22.5. The smallest absolute Gasteiger partial charge is 0.251 e. The molecule has 0 bridgehead atoms. The van der Waals surface area contributed by atoms with Crippen molar-refractivity contribution < 1.29 is 4.79 Å². The molecule has 180 valence electrons. The van der Waals surface area contributed by atoms with Gasteiger partial charge in [0.25, 0.3) is 5.91 Å². The lowest BCUT2D eigenvalue weighted by molar-refractivity contribution is 0.0957. The van der Waals surface area contributed by atoms with Crippen molar-refractivity contribution >= 4 is 31.2 Å². The number of amides is 1. The van der Waals surface area contributed by atoms with Crippen LogP contribution < -0.4 is 5.32 Å². The molecule has 0 aliphatic carbocycles. The largest absolute Gasteiger partial charge is 0.351 e. The number of hydrogen-bond acceptors (Lipinski definition) is 3. The average Bonchev–Trinajstić information content (AvgIpc) is 2.81. The second kappa shape index (κ2) is 11.5. The Labute approximate surface area is 216 Å². The Morgan fingerprint density at radius 2 is 1.44 bits per heavy atom. The lowest BCUT2D eigenvalue weighted by atomic mass is 9.71. The topological polar surface area (TPSA) is 29.1 Å². The minimum Gasteiger partial charge on any atom is -0.351 e. The highest BCUT2D eigenvalue weighted by molar-refractivity contribution is 7.81. The van der Waals surface area contributed by atoms with E-state index in [9.17, 15) is 4.79 Å². The van der Waals surface area contributed by atoms with Crippen LogP contribution >= 0.6 is 25.3 Å². The Balaban J connectivity index is 1.93. The van der Waals surface area contributed by atoms with Crippen LogP contribution in [-0.2, 0) is 6.42 Å². The fourth-order valence-corrected chi connectivity index (χ4v) is 5.07. The standard InChI is InChI=1S/C30H37NOS2/c1-29(2,21-27(30(3,4)34)22-12-6-5-7-13-22)20-23-14-8-9-15-24(23)25-16-10-11-17-26(25)28(32)31-18-19-33/h5-17,27,33-34H,18-21H2,1-4H3,(H,31,32). The minimum absolute atomic E-state index is 0.0276. The SMILES string of the molecule is CC(C)(Cc1ccccc1-c1ccccc1C(=O)NCCS)CC(c1ccccc1)C(C)(C)S. The summed E-state index contributed by atoms with van der Waals surface area (Å²) >= 11 is 9.21. The number of hydrogen-bond donors (Lipinski definition) is 3. The highest BCUT2D eigenvalue weighted by atomic mass is 32.1. The molecule has 0 saturated carbocycles. The molecule has 0 aromatic heterocycles. The number of nitrogens with one attached hydrogen (secondary N) is 1. The Morgan fingerprint density at radius 3 is 2.09 bits per heavy atom. The molecule has 0 radical (unpaired) electrons. The van der Waals surface area contributed by atoms with Gasteiger partial charge in [-0.1, -0.05) is 100 Å². The summed E-state index contributed by atoms with van der Waals surface area (Å²) in [7, 11) is 0. The molecule has 2 nitrogen and oxygen atoms in total. The maximum Gasteiger partial charge on any atom is 0.251 e. The molecule has 0 aliphatic heterocycles. The van der Waals surface area contributed by atoms with Gasteiger partial charge in [0.05, 0.1) is 0 Å². The third-order valence-corrected chi connectivity index (χ3v) is 6.89. The van der Waals surface area contributed by atoms with E-state index in [1.807, 2.05) is 24.3 Å². The first kappa shape index (κ1) is 26.4. The molecule has 0 fully saturated rings. The van der Waals surface area contributed by atoms with Gasteiger partial charge in [-0.3, -0.25) is 4.79 Å². The Bertz CT molecular complexity index is 1090. The van der Waals surface area contributed by atoms with Crippen LogP contribution in [0.4, 0.5) is 0 Å². The van der Waals surface area contributed by atoms with Crippen LogP contribution in [-0.4, -0.2) is 23.0 Å². The number of thiol groups is 2. The van der Waals surface area contributed by atoms with E-state index in [1.54, 1.807) is 0 Å². The molecule has 3 aromatic rings. The first-order valence-electron chi connectivity index (χ1n) is 12.0. The molecule has 1 atom stereocenters. The van der Waals surface area contributed by atoms with Crippen LogP contribution in [0.15, 0.2) is 78.9 Å². The average molecular weight is 492 g/mol. The van der Waals surface area contributed by atoms with Crippen LogP contribution in [0.2, 0.25) is 0 Å². The third-order valence-electron chi connectivity index (χ3n) is 6.36. The van der Waals surface area contributed by atoms with Gasteiger partial charge in [-0.05, 0) is 52.5 Å². The van der Waals surface area contributed by atoms with Gasteiger partial charge in [0.15, 0.2) is 0 Å². The molecule has 0 aliphatic rings. The first-order chi connectivity index (χ1) is 16.1. The summed E-state index contributed by atoms with van der Waals surface area (Å²) in [6.07, 6.45) is 1.91. The van der Waals surface area contributed by atoms with E-state index in [2.05, 4.69) is 100 Å². The van der Waals surface area contributed by atoms with Crippen LogP contribution in [0.5, 0.6) is 0 Å². The zero-order valence-electron chi connectivity index (χ0n) is 20.7. The van der Waals surface area contributed by atoms with Crippen molar-refractivity contribution in [3.05, 3.63) is 95.6 Å². The van der Waals surface area contributed by atoms with Crippen molar-refractivity contribution in [3.8, 4) is 11.1 Å². The Morgan fingerprint density at radius 1 is 0.853 bits per heavy atom. The molecular weight excluding hydrogens is 454 g/mol. The molecular formula is C30H37NOS2. The maximum absolute atomic E-state index is 12.9. The molecule has 1 amide bonds. The lowest BCUT2D eigenvalue weighted by Crippen LogP contribution is -2.29. The van der Waals surface area contributed by atoms with Crippen molar-refractivity contribution in [2.75, 3.05) is 12.3 Å². The number of benzene rings is 3. The van der Waals surface area contributed by atoms with Gasteiger partial charge < -0.3 is 5.32 Å². The highest BCUT2D eigenvalue weighted by Crippen LogP contribution is 2.44. The van der Waals surface area contributed by atoms with Crippen molar-refractivity contribution in [2.24, 2.45) is 5.41 Å². The summed E-state index contributed by atoms with van der Waals surface area (Å²) in [4.78, 5) is 12.9. The first-order valence-corrected chi connectivity index (χ1v) is 13.0. The van der Waals surface area contributed by atoms with Crippen molar-refractivity contribution in [1.29, 1.82) is 0 Å². The van der Waals surface area contributed by atoms with E-state index in [1.165, 1.54) is 11.1 Å². The van der Waals surface area contributed by atoms with E-state index in [0.29, 0.717) is 23.8 Å². The van der Waals surface area contributed by atoms with Crippen LogP contribution in [0.3, 0.4) is 0 Å². The van der Waals surface area contributed by atoms with Crippen LogP contribution in [0.25, 0.3) is 11.1 Å². The fourth-order valence-electron chi connectivity index (χ4n) is 4.72. The molecule has 0 spiro atoms. The maximum atomic E-state index is 12.9. The van der Waals surface area contributed by atoms with Gasteiger partial charge in [0.2, 0.25) is 0 Å². The predicted octanol–water partition coefficient (Wildman–Crippen LogP) is 7.46. The predicted molar refractivity (Wildman–Crippen MR) is 152 cm³/mol. The molecule has 0 heterocycles. The minimum atomic E-state index is -0.143. The molecule has 3 rings (SSSR count). The quantitative estimate of drug-likeness (QED) is 0.252. The summed E-state index contributed by atoms with van der Waals surface area (Å²) in [6, 6.07) is 27.1. The van der Waals surface area contributed by atoms with Crippen molar-refractivity contribution in [2.45, 2.75) is 51.2 Å². The van der Waals surface area contributed by atoms with Gasteiger partial charge in [0.1, 0.15) is 0 Å². The molecule has 34 heavy (non-hydrogen) atoms. The van der Waals surface area contributed by atoms with Crippen molar-refractivity contribution in [3.63, 3.8) is 0 Å². The number of carbonyl (C=O) groups is 1. The highest BCUT2D eigenvalue weighted by Gasteiger charge is 2.33. The van der Waals surface area contributed by atoms with Gasteiger partial charge in [-0.2, -0.15) is 25.3 Å². The van der Waals surface area contributed by atoms with E-state index >= 15 is 0 Å². The second-order valence-electron chi connectivity index (χ2n) is 10.3. The summed E-state index contributed by atoms with van der Waals surface area (Å²) in [5, 5.41) is 2.96. The van der Waals surface area contributed by atoms with Crippen LogP contribution in [0.1, 0.15) is 61.5 Å². The van der Waals surface area contributed by atoms with Gasteiger partial charge >= 0.3 is 0 Å². The zero-order chi connectivity index (χ0) is 24.8. The molecule has 3 aromatic carbocycles. The monoisotopic (exact) mass is 491 g/mol. The van der Waals surface area contributed by atoms with E-state index in [0.717, 1.165) is 24.0 Å². The van der Waals surface area contributed by atoms with Gasteiger partial charge in [0, 0.05) is 22.6 Å². The summed E-state index contributed by atoms with van der Waals surface area (Å²) in [6.45, 7) is 9.63. The number of rotatable bonds is 10. The molecule has 1 N–H and O–H groups in total. The Kier molecular flexibility index (Phi) is 8.95. The summed E-state index contributed by atoms with van der Waals surface area (Å²) in [5.41, 5.74) is 5.40. The lowest BCUT2D eigenvalue weighted by Gasteiger charge is -2.37. The van der Waals surface area contributed by atoms with Gasteiger partial charge in [-0.25, -0.2) is 0 Å². The van der Waals surface area contributed by atoms with E-state index in [-0.39, 0.29) is 16.1 Å². The third kappa shape index (κ3) is 6.93. The van der Waals surface area contributed by atoms with E-state index in [4.69, 9.17) is 12.6 Å². The fraction of sp³-hybridized carbons (Fsp3) is 0.367. The van der Waals surface area contributed by atoms with E-state index < -0.39 is 0 Å². The normalized spacial score (nSPS) is 12.9. The summed E-state index contributed by atoms with van der Waals surface area (Å²) in [5.74, 6) is 0.876. The molecule has 1 unspecified atom stereocenters. The van der Waals surface area contributed by atoms with Crippen molar-refractivity contribution in [1.82, 2.24) is 5.32 Å². The molecule has 0 saturated heterocycles.